The molecule has 146 valence electrons. The van der Waals surface area contributed by atoms with Crippen molar-refractivity contribution >= 4 is 28.0 Å². The second-order valence-corrected chi connectivity index (χ2v) is 7.17. The van der Waals surface area contributed by atoms with Crippen molar-refractivity contribution in [2.24, 2.45) is 0 Å². The molecule has 1 N–H and O–H groups in total. The molecule has 0 bridgehead atoms. The molecule has 5 aromatic rings. The maximum Gasteiger partial charge on any atom is 0.206 e. The zero-order valence-corrected chi connectivity index (χ0v) is 16.2. The van der Waals surface area contributed by atoms with E-state index in [1.807, 2.05) is 60.7 Å². The molecule has 0 atom stereocenters. The Morgan fingerprint density at radius 2 is 1.40 bits per heavy atom. The van der Waals surface area contributed by atoms with Gasteiger partial charge in [-0.05, 0) is 24.1 Å². The van der Waals surface area contributed by atoms with Crippen LogP contribution in [-0.4, -0.2) is 25.4 Å². The van der Waals surface area contributed by atoms with Gasteiger partial charge in [-0.1, -0.05) is 72.8 Å². The van der Waals surface area contributed by atoms with Crippen LogP contribution in [0.5, 0.6) is 5.88 Å². The monoisotopic (exact) mass is 393 g/mol. The Morgan fingerprint density at radius 3 is 2.10 bits per heavy atom. The maximum absolute atomic E-state index is 13.3. The number of carbonyl (C=O) groups excluding carboxylic acids is 1. The number of ketones is 1. The highest BCUT2D eigenvalue weighted by Gasteiger charge is 2.26. The number of aromatic hydroxyl groups is 1. The normalized spacial score (nSPS) is 11.2. The summed E-state index contributed by atoms with van der Waals surface area (Å²) in [4.78, 5) is 22.7. The van der Waals surface area contributed by atoms with Gasteiger partial charge in [0, 0.05) is 12.1 Å². The van der Waals surface area contributed by atoms with Crippen molar-refractivity contribution < 1.29 is 9.90 Å². The predicted molar refractivity (Wildman–Crippen MR) is 117 cm³/mol. The summed E-state index contributed by atoms with van der Waals surface area (Å²) in [5.41, 5.74) is 4.19. The molecule has 0 amide bonds. The highest BCUT2D eigenvalue weighted by Crippen LogP contribution is 2.32. The van der Waals surface area contributed by atoms with E-state index in [9.17, 15) is 9.90 Å². The van der Waals surface area contributed by atoms with Crippen molar-refractivity contribution in [1.82, 2.24) is 14.5 Å². The van der Waals surface area contributed by atoms with Gasteiger partial charge in [-0.3, -0.25) is 9.36 Å². The lowest BCUT2D eigenvalue weighted by Gasteiger charge is -2.07. The summed E-state index contributed by atoms with van der Waals surface area (Å²) >= 11 is 0. The van der Waals surface area contributed by atoms with E-state index in [1.165, 1.54) is 0 Å². The first-order chi connectivity index (χ1) is 14.7. The third-order valence-electron chi connectivity index (χ3n) is 5.25. The van der Waals surface area contributed by atoms with E-state index in [1.54, 1.807) is 28.8 Å². The summed E-state index contributed by atoms with van der Waals surface area (Å²) in [6.45, 7) is 0.488. The molecule has 0 aliphatic rings. The zero-order valence-electron chi connectivity index (χ0n) is 16.2. The number of fused-ring (bicyclic) bond motifs is 2. The summed E-state index contributed by atoms with van der Waals surface area (Å²) in [5, 5.41) is 11.1. The zero-order chi connectivity index (χ0) is 20.5. The third-order valence-corrected chi connectivity index (χ3v) is 5.25. The number of benzene rings is 3. The summed E-state index contributed by atoms with van der Waals surface area (Å²) in [5.74, 6) is -0.355. The molecule has 0 radical (unpaired) electrons. The van der Waals surface area contributed by atoms with E-state index in [2.05, 4.69) is 0 Å². The fraction of sp³-hybridized carbons (Fsp3) is 0.0800. The Hall–Kier alpha value is -3.99. The fourth-order valence-corrected chi connectivity index (χ4v) is 3.73. The van der Waals surface area contributed by atoms with Crippen LogP contribution in [0, 0.1) is 0 Å². The van der Waals surface area contributed by atoms with Gasteiger partial charge in [-0.15, -0.1) is 0 Å². The van der Waals surface area contributed by atoms with Crippen LogP contribution in [-0.2, 0) is 13.0 Å². The smallest absolute Gasteiger partial charge is 0.206 e. The van der Waals surface area contributed by atoms with Gasteiger partial charge in [0.25, 0.3) is 0 Å². The van der Waals surface area contributed by atoms with E-state index >= 15 is 0 Å². The molecule has 30 heavy (non-hydrogen) atoms. The van der Waals surface area contributed by atoms with Gasteiger partial charge in [0.15, 0.2) is 5.65 Å². The number of carbonyl (C=O) groups is 1. The van der Waals surface area contributed by atoms with Crippen LogP contribution in [0.2, 0.25) is 0 Å². The predicted octanol–water partition coefficient (Wildman–Crippen LogP) is 4.76. The van der Waals surface area contributed by atoms with Gasteiger partial charge in [0.2, 0.25) is 11.7 Å². The number of aromatic nitrogens is 3. The van der Waals surface area contributed by atoms with E-state index < -0.39 is 0 Å². The molecule has 3 aromatic carbocycles. The Kier molecular flexibility index (Phi) is 4.48. The fourth-order valence-electron chi connectivity index (χ4n) is 3.73. The van der Waals surface area contributed by atoms with E-state index in [-0.39, 0.29) is 17.2 Å². The van der Waals surface area contributed by atoms with Crippen molar-refractivity contribution in [1.29, 1.82) is 0 Å². The minimum Gasteiger partial charge on any atom is -0.494 e. The molecule has 5 nitrogen and oxygen atoms in total. The quantitative estimate of drug-likeness (QED) is 0.437. The molecule has 0 aliphatic heterocycles. The van der Waals surface area contributed by atoms with Crippen molar-refractivity contribution in [2.75, 3.05) is 0 Å². The molecule has 2 heterocycles. The molecule has 5 heteroatoms. The maximum atomic E-state index is 13.3. The molecule has 0 aliphatic carbocycles. The summed E-state index contributed by atoms with van der Waals surface area (Å²) in [6.07, 6.45) is 0.700. The van der Waals surface area contributed by atoms with Gasteiger partial charge in [-0.2, -0.15) is 0 Å². The van der Waals surface area contributed by atoms with E-state index in [0.29, 0.717) is 35.2 Å². The largest absolute Gasteiger partial charge is 0.494 e. The van der Waals surface area contributed by atoms with Crippen LogP contribution in [0.1, 0.15) is 21.5 Å². The minimum absolute atomic E-state index is 0.0925. The minimum atomic E-state index is -0.263. The first-order valence-corrected chi connectivity index (χ1v) is 9.84. The van der Waals surface area contributed by atoms with Crippen LogP contribution < -0.4 is 0 Å². The number of hydrogen-bond donors (Lipinski definition) is 1. The van der Waals surface area contributed by atoms with Crippen LogP contribution in [0.15, 0.2) is 84.9 Å². The first-order valence-electron chi connectivity index (χ1n) is 9.84. The third kappa shape index (κ3) is 3.10. The van der Waals surface area contributed by atoms with Crippen molar-refractivity contribution in [3.05, 3.63) is 102 Å². The average molecular weight is 393 g/mol. The Balaban J connectivity index is 1.69. The Morgan fingerprint density at radius 1 is 0.800 bits per heavy atom. The number of rotatable bonds is 5. The number of hydrogen-bond acceptors (Lipinski definition) is 4. The van der Waals surface area contributed by atoms with Crippen LogP contribution >= 0.6 is 0 Å². The lowest BCUT2D eigenvalue weighted by Crippen LogP contribution is -2.04. The highest BCUT2D eigenvalue weighted by atomic mass is 16.3. The Bertz CT molecular complexity index is 1360. The van der Waals surface area contributed by atoms with Crippen LogP contribution in [0.4, 0.5) is 0 Å². The van der Waals surface area contributed by atoms with Gasteiger partial charge in [0.05, 0.1) is 11.0 Å². The molecule has 2 aromatic heterocycles. The SMILES string of the molecule is O=C(c1ccccc1)c1c(O)n(CCc2ccccc2)c2nc3ccccc3nc12. The van der Waals surface area contributed by atoms with Crippen molar-refractivity contribution in [3.63, 3.8) is 0 Å². The molecule has 5 rings (SSSR count). The summed E-state index contributed by atoms with van der Waals surface area (Å²) in [7, 11) is 0. The first kappa shape index (κ1) is 18.1. The van der Waals surface area contributed by atoms with Gasteiger partial charge >= 0.3 is 0 Å². The lowest BCUT2D eigenvalue weighted by molar-refractivity contribution is 0.103. The van der Waals surface area contributed by atoms with Crippen LogP contribution in [0.25, 0.3) is 22.2 Å². The second kappa shape index (κ2) is 7.44. The lowest BCUT2D eigenvalue weighted by atomic mass is 10.0. The topological polar surface area (TPSA) is 68.0 Å². The molecule has 0 fully saturated rings. The van der Waals surface area contributed by atoms with Gasteiger partial charge < -0.3 is 5.11 Å². The molecule has 0 unspecified atom stereocenters. The standard InChI is InChI=1S/C25H19N3O2/c29-23(18-11-5-2-6-12-18)21-22-24(27-20-14-8-7-13-19(20)26-22)28(25(21)30)16-15-17-9-3-1-4-10-17/h1-14,30H,15-16H2. The molecular weight excluding hydrogens is 374 g/mol. The number of para-hydroxylation sites is 2. The van der Waals surface area contributed by atoms with E-state index in [0.717, 1.165) is 11.1 Å². The van der Waals surface area contributed by atoms with Crippen molar-refractivity contribution in [3.8, 4) is 5.88 Å². The summed E-state index contributed by atoms with van der Waals surface area (Å²) in [6, 6.07) is 26.5. The summed E-state index contributed by atoms with van der Waals surface area (Å²) < 4.78 is 1.69. The molecule has 0 spiro atoms. The van der Waals surface area contributed by atoms with Gasteiger partial charge in [-0.25, -0.2) is 9.97 Å². The molecular formula is C25H19N3O2. The van der Waals surface area contributed by atoms with Gasteiger partial charge in [0.1, 0.15) is 11.1 Å². The van der Waals surface area contributed by atoms with Crippen LogP contribution in [0.3, 0.4) is 0 Å². The second-order valence-electron chi connectivity index (χ2n) is 7.17. The number of aryl methyl sites for hydroxylation is 2. The highest BCUT2D eigenvalue weighted by molar-refractivity contribution is 6.17. The molecule has 0 saturated heterocycles. The Labute approximate surface area is 173 Å². The van der Waals surface area contributed by atoms with E-state index in [4.69, 9.17) is 9.97 Å². The average Bonchev–Trinajstić information content (AvgIpc) is 3.07. The van der Waals surface area contributed by atoms with Crippen molar-refractivity contribution in [2.45, 2.75) is 13.0 Å². The number of nitrogens with zero attached hydrogens (tertiary/aromatic N) is 3. The molecule has 0 saturated carbocycles.